The summed E-state index contributed by atoms with van der Waals surface area (Å²) in [5.74, 6) is 0.143. The van der Waals surface area contributed by atoms with Crippen molar-refractivity contribution in [1.82, 2.24) is 10.2 Å². The summed E-state index contributed by atoms with van der Waals surface area (Å²) < 4.78 is 5.77. The van der Waals surface area contributed by atoms with E-state index >= 15 is 0 Å². The van der Waals surface area contributed by atoms with Gasteiger partial charge in [0.25, 0.3) is 5.91 Å². The zero-order chi connectivity index (χ0) is 24.5. The number of hydrogen-bond donors (Lipinski definition) is 1. The van der Waals surface area contributed by atoms with Crippen LogP contribution in [0.25, 0.3) is 0 Å². The van der Waals surface area contributed by atoms with E-state index in [1.165, 1.54) is 0 Å². The van der Waals surface area contributed by atoms with Crippen molar-refractivity contribution >= 4 is 23.4 Å². The molecule has 3 aromatic carbocycles. The van der Waals surface area contributed by atoms with Crippen LogP contribution in [0.15, 0.2) is 84.9 Å². The fourth-order valence-corrected chi connectivity index (χ4v) is 4.67. The lowest BCUT2D eigenvalue weighted by atomic mass is 10.0. The second kappa shape index (κ2) is 12.4. The highest BCUT2D eigenvalue weighted by Crippen LogP contribution is 2.21. The minimum absolute atomic E-state index is 0.118. The molecule has 3 aromatic rings. The molecule has 4 rings (SSSR count). The minimum Gasteiger partial charge on any atom is -0.484 e. The molecule has 182 valence electrons. The number of hydrogen-bond acceptors (Lipinski definition) is 3. The first-order chi connectivity index (χ1) is 17.1. The standard InChI is InChI=1S/C29H31ClN2O3/c30-24-14-9-17-26(19-24)35-21-28(33)32(20-23-12-5-2-6-13-23)27(18-22-10-3-1-4-11-22)29(34)31-25-15-7-8-16-25/h1-6,9-14,17,19,25,27H,7-8,15-16,18,20-21H2,(H,31,34)/t27-/m1/s1. The molecule has 1 N–H and O–H groups in total. The maximum Gasteiger partial charge on any atom is 0.261 e. The topological polar surface area (TPSA) is 58.6 Å². The van der Waals surface area contributed by atoms with Crippen molar-refractivity contribution in [1.29, 1.82) is 0 Å². The Balaban J connectivity index is 1.59. The Morgan fingerprint density at radius 3 is 2.23 bits per heavy atom. The molecule has 1 aliphatic rings. The third-order valence-corrected chi connectivity index (χ3v) is 6.56. The van der Waals surface area contributed by atoms with Crippen LogP contribution in [0.4, 0.5) is 0 Å². The van der Waals surface area contributed by atoms with E-state index in [4.69, 9.17) is 16.3 Å². The van der Waals surface area contributed by atoms with Gasteiger partial charge in [-0.2, -0.15) is 0 Å². The first-order valence-corrected chi connectivity index (χ1v) is 12.5. The predicted octanol–water partition coefficient (Wildman–Crippen LogP) is 5.42. The molecule has 2 amide bonds. The lowest BCUT2D eigenvalue weighted by Gasteiger charge is -2.32. The van der Waals surface area contributed by atoms with Crippen molar-refractivity contribution in [3.8, 4) is 5.75 Å². The number of amides is 2. The molecule has 0 radical (unpaired) electrons. The SMILES string of the molecule is O=C(NC1CCCC1)[C@@H](Cc1ccccc1)N(Cc1ccccc1)C(=O)COc1cccc(Cl)c1. The zero-order valence-corrected chi connectivity index (χ0v) is 20.5. The highest BCUT2D eigenvalue weighted by molar-refractivity contribution is 6.30. The monoisotopic (exact) mass is 490 g/mol. The summed E-state index contributed by atoms with van der Waals surface area (Å²) >= 11 is 6.07. The van der Waals surface area contributed by atoms with Gasteiger partial charge < -0.3 is 15.0 Å². The predicted molar refractivity (Wildman–Crippen MR) is 138 cm³/mol. The van der Waals surface area contributed by atoms with Gasteiger partial charge in [0.15, 0.2) is 6.61 Å². The summed E-state index contributed by atoms with van der Waals surface area (Å²) in [4.78, 5) is 28.8. The smallest absolute Gasteiger partial charge is 0.261 e. The van der Waals surface area contributed by atoms with Gasteiger partial charge in [-0.15, -0.1) is 0 Å². The first-order valence-electron chi connectivity index (χ1n) is 12.1. The molecule has 0 aromatic heterocycles. The lowest BCUT2D eigenvalue weighted by Crippen LogP contribution is -2.53. The van der Waals surface area contributed by atoms with E-state index in [1.54, 1.807) is 29.2 Å². The minimum atomic E-state index is -0.659. The Kier molecular flexibility index (Phi) is 8.79. The number of halogens is 1. The van der Waals surface area contributed by atoms with Crippen molar-refractivity contribution in [2.75, 3.05) is 6.61 Å². The maximum absolute atomic E-state index is 13.6. The summed E-state index contributed by atoms with van der Waals surface area (Å²) in [5, 5.41) is 3.75. The number of nitrogens with zero attached hydrogens (tertiary/aromatic N) is 1. The molecular weight excluding hydrogens is 460 g/mol. The second-order valence-corrected chi connectivity index (χ2v) is 9.39. The molecule has 1 aliphatic carbocycles. The summed E-state index contributed by atoms with van der Waals surface area (Å²) in [7, 11) is 0. The van der Waals surface area contributed by atoms with Gasteiger partial charge in [-0.1, -0.05) is 91.2 Å². The van der Waals surface area contributed by atoms with Gasteiger partial charge in [0, 0.05) is 24.0 Å². The lowest BCUT2D eigenvalue weighted by molar-refractivity contribution is -0.143. The van der Waals surface area contributed by atoms with Crippen LogP contribution in [0.3, 0.4) is 0 Å². The van der Waals surface area contributed by atoms with Gasteiger partial charge in [0.1, 0.15) is 11.8 Å². The average Bonchev–Trinajstić information content (AvgIpc) is 3.39. The van der Waals surface area contributed by atoms with E-state index in [0.29, 0.717) is 23.7 Å². The summed E-state index contributed by atoms with van der Waals surface area (Å²) in [5.41, 5.74) is 1.95. The van der Waals surface area contributed by atoms with Gasteiger partial charge in [0.2, 0.25) is 5.91 Å². The van der Waals surface area contributed by atoms with Crippen LogP contribution < -0.4 is 10.1 Å². The number of nitrogens with one attached hydrogen (secondary N) is 1. The van der Waals surface area contributed by atoms with Crippen molar-refractivity contribution < 1.29 is 14.3 Å². The molecule has 0 saturated heterocycles. The molecule has 6 heteroatoms. The third-order valence-electron chi connectivity index (χ3n) is 6.33. The Hall–Kier alpha value is -3.31. The van der Waals surface area contributed by atoms with Gasteiger partial charge in [-0.3, -0.25) is 9.59 Å². The van der Waals surface area contributed by atoms with Crippen LogP contribution >= 0.6 is 11.6 Å². The highest BCUT2D eigenvalue weighted by Gasteiger charge is 2.32. The Morgan fingerprint density at radius 1 is 0.914 bits per heavy atom. The van der Waals surface area contributed by atoms with Gasteiger partial charge in [0.05, 0.1) is 0 Å². The van der Waals surface area contributed by atoms with Crippen LogP contribution in [0.1, 0.15) is 36.8 Å². The van der Waals surface area contributed by atoms with Crippen molar-refractivity contribution in [2.24, 2.45) is 0 Å². The normalized spacial score (nSPS) is 14.3. The summed E-state index contributed by atoms with van der Waals surface area (Å²) in [6, 6.07) is 26.0. The molecule has 0 spiro atoms. The Morgan fingerprint density at radius 2 is 1.57 bits per heavy atom. The fourth-order valence-electron chi connectivity index (χ4n) is 4.49. The molecule has 5 nitrogen and oxygen atoms in total. The van der Waals surface area contributed by atoms with Crippen molar-refractivity contribution in [3.05, 3.63) is 101 Å². The number of carbonyl (C=O) groups excluding carboxylic acids is 2. The molecule has 0 unspecified atom stereocenters. The second-order valence-electron chi connectivity index (χ2n) is 8.95. The molecule has 1 fully saturated rings. The molecule has 0 bridgehead atoms. The fraction of sp³-hybridized carbons (Fsp3) is 0.310. The highest BCUT2D eigenvalue weighted by atomic mass is 35.5. The first kappa shape index (κ1) is 24.8. The molecule has 35 heavy (non-hydrogen) atoms. The van der Waals surface area contributed by atoms with E-state index in [1.807, 2.05) is 60.7 Å². The summed E-state index contributed by atoms with van der Waals surface area (Å²) in [6.45, 7) is 0.128. The van der Waals surface area contributed by atoms with Crippen LogP contribution in [0.5, 0.6) is 5.75 Å². The van der Waals surface area contributed by atoms with E-state index < -0.39 is 6.04 Å². The summed E-state index contributed by atoms with van der Waals surface area (Å²) in [6.07, 6.45) is 4.63. The quantitative estimate of drug-likeness (QED) is 0.413. The number of carbonyl (C=O) groups is 2. The molecule has 0 aliphatic heterocycles. The van der Waals surface area contributed by atoms with Crippen LogP contribution in [0.2, 0.25) is 5.02 Å². The van der Waals surface area contributed by atoms with Gasteiger partial charge >= 0.3 is 0 Å². The molecular formula is C29H31ClN2O3. The van der Waals surface area contributed by atoms with E-state index in [-0.39, 0.29) is 24.5 Å². The average molecular weight is 491 g/mol. The van der Waals surface area contributed by atoms with E-state index in [9.17, 15) is 9.59 Å². The largest absolute Gasteiger partial charge is 0.484 e. The van der Waals surface area contributed by atoms with Gasteiger partial charge in [-0.05, 0) is 42.2 Å². The van der Waals surface area contributed by atoms with Crippen molar-refractivity contribution in [3.63, 3.8) is 0 Å². The van der Waals surface area contributed by atoms with E-state index in [0.717, 1.165) is 36.8 Å². The molecule has 0 heterocycles. The Labute approximate surface area is 212 Å². The van der Waals surface area contributed by atoms with E-state index in [2.05, 4.69) is 5.32 Å². The van der Waals surface area contributed by atoms with Crippen LogP contribution in [0, 0.1) is 0 Å². The maximum atomic E-state index is 13.6. The van der Waals surface area contributed by atoms with Crippen LogP contribution in [-0.2, 0) is 22.6 Å². The zero-order valence-electron chi connectivity index (χ0n) is 19.7. The van der Waals surface area contributed by atoms with Gasteiger partial charge in [-0.25, -0.2) is 0 Å². The van der Waals surface area contributed by atoms with Crippen LogP contribution in [-0.4, -0.2) is 35.4 Å². The van der Waals surface area contributed by atoms with Crippen molar-refractivity contribution in [2.45, 2.75) is 50.7 Å². The number of rotatable bonds is 10. The third kappa shape index (κ3) is 7.33. The molecule has 1 saturated carbocycles. The molecule has 1 atom stereocenters. The Bertz CT molecular complexity index is 1100. The number of benzene rings is 3. The number of ether oxygens (including phenoxy) is 1.